The zero-order valence-corrected chi connectivity index (χ0v) is 9.91. The quantitative estimate of drug-likeness (QED) is 0.770. The molecule has 0 N–H and O–H groups in total. The molecule has 16 heavy (non-hydrogen) atoms. The van der Waals surface area contributed by atoms with Crippen molar-refractivity contribution in [3.05, 3.63) is 22.7 Å². The number of nitrogens with zero attached hydrogens (tertiary/aromatic N) is 4. The Morgan fingerprint density at radius 2 is 2.25 bits per heavy atom. The van der Waals surface area contributed by atoms with Crippen molar-refractivity contribution >= 4 is 17.4 Å². The van der Waals surface area contributed by atoms with E-state index in [1.54, 1.807) is 4.52 Å². The molecule has 2 heterocycles. The van der Waals surface area contributed by atoms with Gasteiger partial charge in [-0.1, -0.05) is 24.9 Å². The summed E-state index contributed by atoms with van der Waals surface area (Å²) in [6.07, 6.45) is 4.37. The molecule has 0 saturated heterocycles. The fourth-order valence-electron chi connectivity index (χ4n) is 1.79. The van der Waals surface area contributed by atoms with Gasteiger partial charge in [0.05, 0.1) is 0 Å². The molecule has 5 heteroatoms. The first-order chi connectivity index (χ1) is 7.78. The van der Waals surface area contributed by atoms with Crippen molar-refractivity contribution in [2.45, 2.75) is 38.5 Å². The lowest BCUT2D eigenvalue weighted by Crippen LogP contribution is -1.97. The van der Waals surface area contributed by atoms with E-state index in [0.717, 1.165) is 24.4 Å². The van der Waals surface area contributed by atoms with E-state index in [4.69, 9.17) is 11.6 Å². The van der Waals surface area contributed by atoms with Crippen molar-refractivity contribution in [3.8, 4) is 0 Å². The average Bonchev–Trinajstić information content (AvgIpc) is 3.00. The van der Waals surface area contributed by atoms with E-state index in [9.17, 15) is 0 Å². The van der Waals surface area contributed by atoms with Crippen molar-refractivity contribution in [3.63, 3.8) is 0 Å². The Morgan fingerprint density at radius 1 is 1.44 bits per heavy atom. The van der Waals surface area contributed by atoms with E-state index < -0.39 is 0 Å². The molecule has 1 aliphatic carbocycles. The van der Waals surface area contributed by atoms with Gasteiger partial charge in [0.15, 0.2) is 5.82 Å². The van der Waals surface area contributed by atoms with Crippen LogP contribution in [0.25, 0.3) is 5.78 Å². The summed E-state index contributed by atoms with van der Waals surface area (Å²) in [6.45, 7) is 2.12. The van der Waals surface area contributed by atoms with Crippen LogP contribution in [0, 0.1) is 0 Å². The maximum Gasteiger partial charge on any atom is 0.254 e. The molecule has 2 aromatic rings. The maximum atomic E-state index is 6.16. The van der Waals surface area contributed by atoms with Crippen LogP contribution in [0.3, 0.4) is 0 Å². The van der Waals surface area contributed by atoms with Crippen LogP contribution in [0.1, 0.15) is 43.6 Å². The van der Waals surface area contributed by atoms with E-state index in [1.807, 2.05) is 6.07 Å². The topological polar surface area (TPSA) is 43.1 Å². The second kappa shape index (κ2) is 3.70. The first kappa shape index (κ1) is 10.0. The van der Waals surface area contributed by atoms with Crippen LogP contribution in [-0.2, 0) is 6.42 Å². The van der Waals surface area contributed by atoms with Crippen molar-refractivity contribution in [1.29, 1.82) is 0 Å². The van der Waals surface area contributed by atoms with Crippen LogP contribution >= 0.6 is 11.6 Å². The second-order valence-corrected chi connectivity index (χ2v) is 4.66. The zero-order chi connectivity index (χ0) is 11.1. The van der Waals surface area contributed by atoms with Crippen LogP contribution in [0.15, 0.2) is 6.07 Å². The minimum Gasteiger partial charge on any atom is -0.216 e. The average molecular weight is 237 g/mol. The normalized spacial score (nSPS) is 15.9. The van der Waals surface area contributed by atoms with Gasteiger partial charge in [-0.2, -0.15) is 9.50 Å². The van der Waals surface area contributed by atoms with Crippen LogP contribution in [0.5, 0.6) is 0 Å². The third-order valence-corrected chi connectivity index (χ3v) is 3.06. The Balaban J connectivity index is 2.10. The van der Waals surface area contributed by atoms with E-state index in [0.29, 0.717) is 16.8 Å². The SMILES string of the molecule is CCCc1cc(Cl)n2nc(C3CC3)nc2n1. The smallest absolute Gasteiger partial charge is 0.216 e. The lowest BCUT2D eigenvalue weighted by molar-refractivity contribution is 0.844. The summed E-state index contributed by atoms with van der Waals surface area (Å²) >= 11 is 6.16. The molecule has 0 unspecified atom stereocenters. The summed E-state index contributed by atoms with van der Waals surface area (Å²) < 4.78 is 1.63. The lowest BCUT2D eigenvalue weighted by atomic mass is 10.2. The van der Waals surface area contributed by atoms with Crippen molar-refractivity contribution in [2.75, 3.05) is 0 Å². The van der Waals surface area contributed by atoms with Gasteiger partial charge < -0.3 is 0 Å². The molecule has 0 bridgehead atoms. The van der Waals surface area contributed by atoms with Crippen molar-refractivity contribution < 1.29 is 0 Å². The first-order valence-corrected chi connectivity index (χ1v) is 6.08. The first-order valence-electron chi connectivity index (χ1n) is 5.70. The Kier molecular flexibility index (Phi) is 2.32. The third kappa shape index (κ3) is 1.67. The minimum atomic E-state index is 0.535. The molecule has 84 valence electrons. The second-order valence-electron chi connectivity index (χ2n) is 4.28. The Labute approximate surface area is 98.7 Å². The molecule has 0 aromatic carbocycles. The highest BCUT2D eigenvalue weighted by Gasteiger charge is 2.28. The molecule has 1 saturated carbocycles. The van der Waals surface area contributed by atoms with Crippen molar-refractivity contribution in [1.82, 2.24) is 19.6 Å². The van der Waals surface area contributed by atoms with Crippen LogP contribution in [-0.4, -0.2) is 19.6 Å². The molecule has 0 amide bonds. The summed E-state index contributed by atoms with van der Waals surface area (Å²) in [4.78, 5) is 8.90. The summed E-state index contributed by atoms with van der Waals surface area (Å²) in [5.41, 5.74) is 0.995. The predicted octanol–water partition coefficient (Wildman–Crippen LogP) is 2.61. The monoisotopic (exact) mass is 236 g/mol. The van der Waals surface area contributed by atoms with Gasteiger partial charge in [-0.15, -0.1) is 5.10 Å². The predicted molar refractivity (Wildman–Crippen MR) is 61.8 cm³/mol. The minimum absolute atomic E-state index is 0.535. The molecular formula is C11H13ClN4. The fraction of sp³-hybridized carbons (Fsp3) is 0.545. The van der Waals surface area contributed by atoms with Crippen LogP contribution in [0.4, 0.5) is 0 Å². The van der Waals surface area contributed by atoms with Gasteiger partial charge in [0.2, 0.25) is 0 Å². The van der Waals surface area contributed by atoms with Crippen molar-refractivity contribution in [2.24, 2.45) is 0 Å². The van der Waals surface area contributed by atoms with Gasteiger partial charge in [0.25, 0.3) is 5.78 Å². The van der Waals surface area contributed by atoms with E-state index in [2.05, 4.69) is 22.0 Å². The molecule has 1 fully saturated rings. The van der Waals surface area contributed by atoms with Crippen LogP contribution in [0.2, 0.25) is 5.15 Å². The Bertz CT molecular complexity index is 530. The number of aromatic nitrogens is 4. The number of fused-ring (bicyclic) bond motifs is 1. The van der Waals surface area contributed by atoms with Gasteiger partial charge in [-0.3, -0.25) is 0 Å². The standard InChI is InChI=1S/C11H13ClN4/c1-2-3-8-6-9(12)16-11(13-8)14-10(15-16)7-4-5-7/h6-7H,2-5H2,1H3. The van der Waals surface area contributed by atoms with Crippen LogP contribution < -0.4 is 0 Å². The van der Waals surface area contributed by atoms with E-state index in [1.165, 1.54) is 12.8 Å². The zero-order valence-electron chi connectivity index (χ0n) is 9.15. The summed E-state index contributed by atoms with van der Waals surface area (Å²) in [5, 5.41) is 4.99. The van der Waals surface area contributed by atoms with Gasteiger partial charge in [0.1, 0.15) is 5.15 Å². The van der Waals surface area contributed by atoms with Gasteiger partial charge in [-0.05, 0) is 25.3 Å². The summed E-state index contributed by atoms with van der Waals surface area (Å²) in [5.74, 6) is 2.06. The van der Waals surface area contributed by atoms with Gasteiger partial charge in [0, 0.05) is 11.6 Å². The fourth-order valence-corrected chi connectivity index (χ4v) is 2.03. The number of aryl methyl sites for hydroxylation is 1. The Hall–Kier alpha value is -1.16. The maximum absolute atomic E-state index is 6.16. The molecule has 4 nitrogen and oxygen atoms in total. The molecule has 1 aliphatic rings. The molecule has 0 spiro atoms. The van der Waals surface area contributed by atoms with Gasteiger partial charge in [-0.25, -0.2) is 4.98 Å². The molecule has 0 aliphatic heterocycles. The number of halogens is 1. The Morgan fingerprint density at radius 3 is 2.94 bits per heavy atom. The lowest BCUT2D eigenvalue weighted by Gasteiger charge is -1.99. The number of hydrogen-bond acceptors (Lipinski definition) is 3. The highest BCUT2D eigenvalue weighted by atomic mass is 35.5. The summed E-state index contributed by atoms with van der Waals surface area (Å²) in [6, 6.07) is 1.88. The third-order valence-electron chi connectivity index (χ3n) is 2.79. The van der Waals surface area contributed by atoms with E-state index in [-0.39, 0.29) is 0 Å². The number of rotatable bonds is 3. The molecule has 3 rings (SSSR count). The molecule has 0 atom stereocenters. The molecule has 0 radical (unpaired) electrons. The molecule has 2 aromatic heterocycles. The molecular weight excluding hydrogens is 224 g/mol. The summed E-state index contributed by atoms with van der Waals surface area (Å²) in [7, 11) is 0. The highest BCUT2D eigenvalue weighted by Crippen LogP contribution is 2.38. The van der Waals surface area contributed by atoms with Gasteiger partial charge >= 0.3 is 0 Å². The number of hydrogen-bond donors (Lipinski definition) is 0. The highest BCUT2D eigenvalue weighted by molar-refractivity contribution is 6.29. The largest absolute Gasteiger partial charge is 0.254 e. The van der Waals surface area contributed by atoms with E-state index >= 15 is 0 Å².